The van der Waals surface area contributed by atoms with Gasteiger partial charge in [-0.1, -0.05) is 70.6 Å². The van der Waals surface area contributed by atoms with Crippen molar-refractivity contribution in [3.05, 3.63) is 0 Å². The second kappa shape index (κ2) is 19.8. The molecule has 0 radical (unpaired) electrons. The van der Waals surface area contributed by atoms with E-state index in [0.29, 0.717) is 0 Å². The van der Waals surface area contributed by atoms with Crippen LogP contribution in [-0.4, -0.2) is 11.7 Å². The van der Waals surface area contributed by atoms with Crippen LogP contribution < -0.4 is 34.7 Å². The minimum absolute atomic E-state index is 0. The monoisotopic (exact) mass is 310 g/mol. The van der Waals surface area contributed by atoms with Gasteiger partial charge in [0.05, 0.1) is 0 Å². The summed E-state index contributed by atoms with van der Waals surface area (Å²) in [5.41, 5.74) is 0. The van der Waals surface area contributed by atoms with Gasteiger partial charge in [-0.3, -0.25) is 0 Å². The molecule has 0 aliphatic carbocycles. The first-order valence-electron chi connectivity index (χ1n) is 8.08. The minimum atomic E-state index is -0.908. The maximum atomic E-state index is 10.2. The van der Waals surface area contributed by atoms with Crippen LogP contribution in [0.25, 0.3) is 0 Å². The molecule has 2 nitrogen and oxygen atoms in total. The summed E-state index contributed by atoms with van der Waals surface area (Å²) in [5, 5.41) is 10.2. The van der Waals surface area contributed by atoms with Crippen molar-refractivity contribution in [3.63, 3.8) is 0 Å². The van der Waals surface area contributed by atoms with Gasteiger partial charge in [-0.2, -0.15) is 12.6 Å². The molecule has 0 bridgehead atoms. The van der Waals surface area contributed by atoms with Crippen LogP contribution in [0.1, 0.15) is 89.9 Å². The normalized spacial score (nSPS) is 10.2. The summed E-state index contributed by atoms with van der Waals surface area (Å²) in [6.45, 7) is 0. The average Bonchev–Trinajstić information content (AvgIpc) is 2.39. The van der Waals surface area contributed by atoms with Crippen molar-refractivity contribution in [2.45, 2.75) is 89.9 Å². The number of hydrogen-bond acceptors (Lipinski definition) is 3. The maximum Gasteiger partial charge on any atom is 1.00 e. The van der Waals surface area contributed by atoms with E-state index in [2.05, 4.69) is 12.6 Å². The fourth-order valence-corrected chi connectivity index (χ4v) is 2.55. The fraction of sp³-hybridized carbons (Fsp3) is 0.938. The molecule has 0 N–H and O–H groups in total. The van der Waals surface area contributed by atoms with Crippen molar-refractivity contribution in [1.29, 1.82) is 0 Å². The van der Waals surface area contributed by atoms with Gasteiger partial charge in [0.15, 0.2) is 0 Å². The van der Waals surface area contributed by atoms with Crippen LogP contribution in [0.4, 0.5) is 0 Å². The molecule has 20 heavy (non-hydrogen) atoms. The minimum Gasteiger partial charge on any atom is -0.550 e. The number of rotatable bonds is 15. The third kappa shape index (κ3) is 21.1. The van der Waals surface area contributed by atoms with Gasteiger partial charge in [0.25, 0.3) is 0 Å². The van der Waals surface area contributed by atoms with Crippen LogP contribution in [0, 0.1) is 0 Å². The van der Waals surface area contributed by atoms with Gasteiger partial charge < -0.3 is 9.90 Å². The van der Waals surface area contributed by atoms with Gasteiger partial charge in [0, 0.05) is 5.97 Å². The van der Waals surface area contributed by atoms with Gasteiger partial charge in [-0.25, -0.2) is 0 Å². The van der Waals surface area contributed by atoms with E-state index in [1.54, 1.807) is 0 Å². The molecule has 0 saturated heterocycles. The molecule has 0 aromatic rings. The molecular formula is C16H31NaO2S. The Kier molecular flexibility index (Phi) is 22.9. The topological polar surface area (TPSA) is 40.1 Å². The van der Waals surface area contributed by atoms with Gasteiger partial charge in [0.1, 0.15) is 0 Å². The van der Waals surface area contributed by atoms with E-state index in [1.807, 2.05) is 0 Å². The largest absolute Gasteiger partial charge is 1.00 e. The summed E-state index contributed by atoms with van der Waals surface area (Å²) in [6.07, 6.45) is 16.6. The smallest absolute Gasteiger partial charge is 0.550 e. The standard InChI is InChI=1S/C16H32O2S.Na/c17-16(18)14-12-10-8-6-4-2-1-3-5-7-9-11-13-15-19;/h19H,1-15H2,(H,17,18);/q;+1/p-1. The molecule has 0 fully saturated rings. The summed E-state index contributed by atoms with van der Waals surface area (Å²) < 4.78 is 0. The predicted octanol–water partition coefficient (Wildman–Crippen LogP) is 1.13. The van der Waals surface area contributed by atoms with E-state index in [1.165, 1.54) is 70.6 Å². The number of carbonyl (C=O) groups is 1. The Labute approximate surface area is 153 Å². The maximum absolute atomic E-state index is 10.2. The van der Waals surface area contributed by atoms with E-state index >= 15 is 0 Å². The van der Waals surface area contributed by atoms with Gasteiger partial charge in [-0.05, 0) is 25.0 Å². The van der Waals surface area contributed by atoms with Gasteiger partial charge >= 0.3 is 29.6 Å². The van der Waals surface area contributed by atoms with E-state index in [9.17, 15) is 9.90 Å². The molecule has 4 heteroatoms. The number of aliphatic carboxylic acids is 1. The molecule has 0 aromatic carbocycles. The summed E-state index contributed by atoms with van der Waals surface area (Å²) >= 11 is 4.21. The number of carbonyl (C=O) groups excluding carboxylic acids is 1. The van der Waals surface area contributed by atoms with E-state index < -0.39 is 5.97 Å². The van der Waals surface area contributed by atoms with Crippen molar-refractivity contribution in [2.24, 2.45) is 0 Å². The van der Waals surface area contributed by atoms with E-state index in [0.717, 1.165) is 18.6 Å². The molecule has 0 rings (SSSR count). The number of carboxylic acids is 1. The predicted molar refractivity (Wildman–Crippen MR) is 83.5 cm³/mol. The van der Waals surface area contributed by atoms with Crippen LogP contribution in [0.2, 0.25) is 0 Å². The molecule has 0 atom stereocenters. The third-order valence-corrected chi connectivity index (χ3v) is 3.86. The molecule has 0 unspecified atom stereocenters. The summed E-state index contributed by atoms with van der Waals surface area (Å²) in [5.74, 6) is 0.123. The van der Waals surface area contributed by atoms with Crippen LogP contribution in [0.5, 0.6) is 0 Å². The summed E-state index contributed by atoms with van der Waals surface area (Å²) in [4.78, 5) is 10.2. The number of thiol groups is 1. The van der Waals surface area contributed by atoms with E-state index in [-0.39, 0.29) is 36.0 Å². The van der Waals surface area contributed by atoms with Crippen LogP contribution in [0.3, 0.4) is 0 Å². The van der Waals surface area contributed by atoms with Crippen LogP contribution >= 0.6 is 12.6 Å². The number of unbranched alkanes of at least 4 members (excludes halogenated alkanes) is 12. The third-order valence-electron chi connectivity index (χ3n) is 3.54. The molecule has 0 aliphatic heterocycles. The Morgan fingerprint density at radius 2 is 0.950 bits per heavy atom. The first-order chi connectivity index (χ1) is 9.27. The quantitative estimate of drug-likeness (QED) is 0.280. The number of carboxylic acid groups (broad SMARTS) is 1. The first-order valence-corrected chi connectivity index (χ1v) is 8.71. The number of hydrogen-bond donors (Lipinski definition) is 1. The van der Waals surface area contributed by atoms with Crippen molar-refractivity contribution < 1.29 is 39.5 Å². The molecule has 0 aliphatic rings. The molecule has 0 heterocycles. The zero-order chi connectivity index (χ0) is 14.2. The molecular weight excluding hydrogens is 279 g/mol. The zero-order valence-electron chi connectivity index (χ0n) is 13.4. The Morgan fingerprint density at radius 3 is 1.25 bits per heavy atom. The average molecular weight is 310 g/mol. The summed E-state index contributed by atoms with van der Waals surface area (Å²) in [7, 11) is 0. The Bertz CT molecular complexity index is 201. The second-order valence-corrected chi connectivity index (χ2v) is 5.89. The van der Waals surface area contributed by atoms with Crippen molar-refractivity contribution in [1.82, 2.24) is 0 Å². The summed E-state index contributed by atoms with van der Waals surface area (Å²) in [6, 6.07) is 0. The van der Waals surface area contributed by atoms with Crippen LogP contribution in [0.15, 0.2) is 0 Å². The van der Waals surface area contributed by atoms with Crippen molar-refractivity contribution >= 4 is 18.6 Å². The van der Waals surface area contributed by atoms with Gasteiger partial charge in [0.2, 0.25) is 0 Å². The molecule has 0 amide bonds. The SMILES string of the molecule is O=C([O-])CCCCCCCCCCCCCCCS.[Na+]. The van der Waals surface area contributed by atoms with E-state index in [4.69, 9.17) is 0 Å². The Balaban J connectivity index is 0. The second-order valence-electron chi connectivity index (χ2n) is 5.44. The van der Waals surface area contributed by atoms with Crippen molar-refractivity contribution in [2.75, 3.05) is 5.75 Å². The van der Waals surface area contributed by atoms with Crippen LogP contribution in [-0.2, 0) is 4.79 Å². The molecule has 0 saturated carbocycles. The van der Waals surface area contributed by atoms with Gasteiger partial charge in [-0.15, -0.1) is 0 Å². The molecule has 114 valence electrons. The Hall–Kier alpha value is 0.820. The molecule has 0 spiro atoms. The Morgan fingerprint density at radius 1 is 0.650 bits per heavy atom. The fourth-order valence-electron chi connectivity index (χ4n) is 2.33. The first kappa shape index (κ1) is 23.1. The van der Waals surface area contributed by atoms with Crippen molar-refractivity contribution in [3.8, 4) is 0 Å². The zero-order valence-corrected chi connectivity index (χ0v) is 16.3. The molecule has 0 aromatic heterocycles.